The van der Waals surface area contributed by atoms with Gasteiger partial charge >= 0.3 is 5.97 Å². The number of thioether (sulfide) groups is 2. The van der Waals surface area contributed by atoms with Crippen molar-refractivity contribution in [3.63, 3.8) is 0 Å². The molecule has 0 spiro atoms. The molecule has 1 amide bonds. The Bertz CT molecular complexity index is 467. The number of benzene rings is 1. The smallest absolute Gasteiger partial charge is 0.327 e. The molecule has 6 heteroatoms. The lowest BCUT2D eigenvalue weighted by Crippen LogP contribution is -2.41. The Morgan fingerprint density at radius 3 is 2.80 bits per heavy atom. The SMILES string of the molecule is O=C(O)[C@@H]1CSCN1C(=O)CCSCc1ccccc1. The number of carboxylic acid groups (broad SMARTS) is 1. The van der Waals surface area contributed by atoms with Crippen molar-refractivity contribution in [1.29, 1.82) is 0 Å². The Hall–Kier alpha value is -1.14. The molecule has 20 heavy (non-hydrogen) atoms. The molecule has 0 aromatic heterocycles. The molecule has 1 aromatic rings. The second-order valence-corrected chi connectivity index (χ2v) is 6.61. The van der Waals surface area contributed by atoms with Crippen LogP contribution in [0.2, 0.25) is 0 Å². The van der Waals surface area contributed by atoms with Crippen LogP contribution in [-0.2, 0) is 15.3 Å². The third-order valence-electron chi connectivity index (χ3n) is 3.06. The van der Waals surface area contributed by atoms with Gasteiger partial charge in [-0.2, -0.15) is 11.8 Å². The number of carbonyl (C=O) groups excluding carboxylic acids is 1. The van der Waals surface area contributed by atoms with Gasteiger partial charge in [0.15, 0.2) is 0 Å². The number of rotatable bonds is 6. The van der Waals surface area contributed by atoms with E-state index < -0.39 is 12.0 Å². The van der Waals surface area contributed by atoms with E-state index in [9.17, 15) is 9.59 Å². The van der Waals surface area contributed by atoms with Gasteiger partial charge in [0.05, 0.1) is 5.88 Å². The van der Waals surface area contributed by atoms with Crippen LogP contribution in [0.25, 0.3) is 0 Å². The highest BCUT2D eigenvalue weighted by atomic mass is 32.2. The van der Waals surface area contributed by atoms with E-state index >= 15 is 0 Å². The van der Waals surface area contributed by atoms with E-state index in [2.05, 4.69) is 12.1 Å². The number of hydrogen-bond acceptors (Lipinski definition) is 4. The summed E-state index contributed by atoms with van der Waals surface area (Å²) >= 11 is 3.20. The third-order valence-corrected chi connectivity index (χ3v) is 5.10. The lowest BCUT2D eigenvalue weighted by atomic mass is 10.2. The Morgan fingerprint density at radius 1 is 1.35 bits per heavy atom. The summed E-state index contributed by atoms with van der Waals surface area (Å²) < 4.78 is 0. The van der Waals surface area contributed by atoms with Gasteiger partial charge in [-0.15, -0.1) is 11.8 Å². The Morgan fingerprint density at radius 2 is 2.10 bits per heavy atom. The number of amides is 1. The van der Waals surface area contributed by atoms with Crippen molar-refractivity contribution in [2.45, 2.75) is 18.2 Å². The first-order valence-corrected chi connectivity index (χ1v) is 8.71. The molecule has 0 saturated carbocycles. The van der Waals surface area contributed by atoms with Crippen LogP contribution in [0.3, 0.4) is 0 Å². The predicted molar refractivity (Wildman–Crippen MR) is 82.8 cm³/mol. The molecule has 0 aliphatic carbocycles. The van der Waals surface area contributed by atoms with E-state index in [0.29, 0.717) is 18.1 Å². The van der Waals surface area contributed by atoms with Gasteiger partial charge in [0.2, 0.25) is 5.91 Å². The van der Waals surface area contributed by atoms with Crippen LogP contribution in [0.1, 0.15) is 12.0 Å². The molecule has 4 nitrogen and oxygen atoms in total. The molecule has 1 aliphatic rings. The summed E-state index contributed by atoms with van der Waals surface area (Å²) in [5.74, 6) is 1.65. The second kappa shape index (κ2) is 7.59. The van der Waals surface area contributed by atoms with Gasteiger partial charge in [-0.3, -0.25) is 4.79 Å². The summed E-state index contributed by atoms with van der Waals surface area (Å²) in [4.78, 5) is 24.5. The third kappa shape index (κ3) is 4.18. The molecule has 1 aromatic carbocycles. The molecule has 1 fully saturated rings. The lowest BCUT2D eigenvalue weighted by molar-refractivity contribution is -0.147. The normalized spacial score (nSPS) is 18.2. The van der Waals surface area contributed by atoms with Crippen LogP contribution in [0, 0.1) is 0 Å². The zero-order valence-electron chi connectivity index (χ0n) is 11.0. The molecular formula is C14H17NO3S2. The molecular weight excluding hydrogens is 294 g/mol. The maximum atomic E-state index is 12.0. The van der Waals surface area contributed by atoms with Crippen molar-refractivity contribution in [2.24, 2.45) is 0 Å². The molecule has 1 saturated heterocycles. The van der Waals surface area contributed by atoms with Gasteiger partial charge in [0.25, 0.3) is 0 Å². The van der Waals surface area contributed by atoms with E-state index in [1.54, 1.807) is 11.8 Å². The van der Waals surface area contributed by atoms with Crippen LogP contribution in [0.15, 0.2) is 30.3 Å². The van der Waals surface area contributed by atoms with Gasteiger partial charge < -0.3 is 10.0 Å². The zero-order chi connectivity index (χ0) is 14.4. The first kappa shape index (κ1) is 15.3. The molecule has 1 N–H and O–H groups in total. The molecule has 0 unspecified atom stereocenters. The minimum Gasteiger partial charge on any atom is -0.480 e. The average molecular weight is 311 g/mol. The minimum absolute atomic E-state index is 0.0528. The van der Waals surface area contributed by atoms with Crippen LogP contribution in [0.4, 0.5) is 0 Å². The number of carboxylic acids is 1. The summed E-state index contributed by atoms with van der Waals surface area (Å²) in [5, 5.41) is 9.04. The fourth-order valence-corrected chi connectivity index (χ4v) is 4.02. The van der Waals surface area contributed by atoms with Crippen LogP contribution in [-0.4, -0.2) is 45.3 Å². The average Bonchev–Trinajstić information content (AvgIpc) is 2.94. The lowest BCUT2D eigenvalue weighted by Gasteiger charge is -2.20. The summed E-state index contributed by atoms with van der Waals surface area (Å²) in [6.07, 6.45) is 0.405. The van der Waals surface area contributed by atoms with Crippen LogP contribution < -0.4 is 0 Å². The van der Waals surface area contributed by atoms with E-state index in [4.69, 9.17) is 5.11 Å². The van der Waals surface area contributed by atoms with Gasteiger partial charge in [-0.25, -0.2) is 4.79 Å². The Labute approximate surface area is 126 Å². The maximum absolute atomic E-state index is 12.0. The minimum atomic E-state index is -0.903. The first-order valence-electron chi connectivity index (χ1n) is 6.40. The summed E-state index contributed by atoms with van der Waals surface area (Å²) in [6.45, 7) is 0. The maximum Gasteiger partial charge on any atom is 0.327 e. The largest absolute Gasteiger partial charge is 0.480 e. The molecule has 0 bridgehead atoms. The molecule has 108 valence electrons. The van der Waals surface area contributed by atoms with Crippen molar-refractivity contribution in [3.05, 3.63) is 35.9 Å². The summed E-state index contributed by atoms with van der Waals surface area (Å²) in [6, 6.07) is 9.46. The Balaban J connectivity index is 1.71. The zero-order valence-corrected chi connectivity index (χ0v) is 12.7. The van der Waals surface area contributed by atoms with E-state index in [1.165, 1.54) is 22.2 Å². The fraction of sp³-hybridized carbons (Fsp3) is 0.429. The first-order chi connectivity index (χ1) is 9.68. The van der Waals surface area contributed by atoms with Crippen molar-refractivity contribution < 1.29 is 14.7 Å². The topological polar surface area (TPSA) is 57.6 Å². The molecule has 0 radical (unpaired) electrons. The number of hydrogen-bond donors (Lipinski definition) is 1. The van der Waals surface area contributed by atoms with Crippen molar-refractivity contribution in [3.8, 4) is 0 Å². The molecule has 1 heterocycles. The van der Waals surface area contributed by atoms with Gasteiger partial charge in [0, 0.05) is 23.7 Å². The molecule has 2 rings (SSSR count). The van der Waals surface area contributed by atoms with Crippen molar-refractivity contribution in [2.75, 3.05) is 17.4 Å². The van der Waals surface area contributed by atoms with Crippen molar-refractivity contribution >= 4 is 35.4 Å². The second-order valence-electron chi connectivity index (χ2n) is 4.51. The predicted octanol–water partition coefficient (Wildman–Crippen LogP) is 2.30. The Kier molecular flexibility index (Phi) is 5.79. The number of aliphatic carboxylic acids is 1. The quantitative estimate of drug-likeness (QED) is 0.817. The standard InChI is InChI=1S/C14H17NO3S2/c16-13(15-10-20-9-12(15)14(17)18)6-7-19-8-11-4-2-1-3-5-11/h1-5,12H,6-10H2,(H,17,18)/t12-/m0/s1. The van der Waals surface area contributed by atoms with E-state index in [-0.39, 0.29) is 5.91 Å². The molecule has 1 aliphatic heterocycles. The van der Waals surface area contributed by atoms with Crippen LogP contribution >= 0.6 is 23.5 Å². The van der Waals surface area contributed by atoms with Crippen molar-refractivity contribution in [1.82, 2.24) is 4.90 Å². The van der Waals surface area contributed by atoms with E-state index in [1.807, 2.05) is 18.2 Å². The highest BCUT2D eigenvalue weighted by Crippen LogP contribution is 2.22. The summed E-state index contributed by atoms with van der Waals surface area (Å²) in [5.41, 5.74) is 1.24. The number of carbonyl (C=O) groups is 2. The highest BCUT2D eigenvalue weighted by molar-refractivity contribution is 7.99. The van der Waals surface area contributed by atoms with Crippen LogP contribution in [0.5, 0.6) is 0 Å². The highest BCUT2D eigenvalue weighted by Gasteiger charge is 2.33. The van der Waals surface area contributed by atoms with Gasteiger partial charge in [-0.1, -0.05) is 30.3 Å². The monoisotopic (exact) mass is 311 g/mol. The van der Waals surface area contributed by atoms with Gasteiger partial charge in [0.1, 0.15) is 6.04 Å². The van der Waals surface area contributed by atoms with Gasteiger partial charge in [-0.05, 0) is 5.56 Å². The summed E-state index contributed by atoms with van der Waals surface area (Å²) in [7, 11) is 0. The van der Waals surface area contributed by atoms with E-state index in [0.717, 1.165) is 11.5 Å². The fourth-order valence-electron chi connectivity index (χ4n) is 1.96. The molecule has 1 atom stereocenters. The number of nitrogens with zero attached hydrogens (tertiary/aromatic N) is 1.